The molecule has 2 aromatic carbocycles. The van der Waals surface area contributed by atoms with Crippen molar-refractivity contribution in [2.24, 2.45) is 0 Å². The Balaban J connectivity index is 2.09. The average molecular weight is 447 g/mol. The fraction of sp³-hybridized carbons (Fsp3) is 0. The number of hydrogen-bond donors (Lipinski definition) is 2. The Morgan fingerprint density at radius 3 is 2.35 bits per heavy atom. The zero-order valence-corrected chi connectivity index (χ0v) is 14.4. The van der Waals surface area contributed by atoms with E-state index < -0.39 is 20.9 Å². The van der Waals surface area contributed by atoms with E-state index >= 15 is 0 Å². The second-order valence-corrected chi connectivity index (χ2v) is 7.25. The monoisotopic (exact) mass is 447 g/mol. The van der Waals surface area contributed by atoms with Crippen LogP contribution >= 0.6 is 22.6 Å². The molecule has 0 atom stereocenters. The highest BCUT2D eigenvalue weighted by Gasteiger charge is 2.17. The van der Waals surface area contributed by atoms with Crippen LogP contribution in [0, 0.1) is 13.7 Å². The number of hydrogen-bond acceptors (Lipinski definition) is 5. The molecular formula is C13H10IN3O5S. The molecule has 0 aliphatic carbocycles. The summed E-state index contributed by atoms with van der Waals surface area (Å²) in [4.78, 5) is 23.5. The number of nitro groups is 1. The number of halogens is 1. The smallest absolute Gasteiger partial charge is 0.269 e. The summed E-state index contributed by atoms with van der Waals surface area (Å²) in [5.74, 6) is -0.617. The van der Waals surface area contributed by atoms with Crippen LogP contribution in [-0.4, -0.2) is 19.2 Å². The van der Waals surface area contributed by atoms with Crippen molar-refractivity contribution < 1.29 is 18.1 Å². The lowest BCUT2D eigenvalue weighted by atomic mass is 10.2. The zero-order valence-electron chi connectivity index (χ0n) is 11.4. The molecule has 0 saturated heterocycles. The summed E-state index contributed by atoms with van der Waals surface area (Å²) in [6.07, 6.45) is 0. The Bertz CT molecular complexity index is 852. The van der Waals surface area contributed by atoms with Crippen molar-refractivity contribution >= 4 is 44.2 Å². The van der Waals surface area contributed by atoms with E-state index in [0.717, 1.165) is 27.8 Å². The number of rotatable bonds is 5. The van der Waals surface area contributed by atoms with Crippen LogP contribution in [0.1, 0.15) is 10.4 Å². The molecule has 0 unspecified atom stereocenters. The van der Waals surface area contributed by atoms with Crippen LogP contribution < -0.4 is 10.3 Å². The van der Waals surface area contributed by atoms with Crippen LogP contribution in [-0.2, 0) is 10.0 Å². The highest BCUT2D eigenvalue weighted by molar-refractivity contribution is 14.1. The Labute approximate surface area is 145 Å². The van der Waals surface area contributed by atoms with Crippen LogP contribution in [0.15, 0.2) is 53.4 Å². The summed E-state index contributed by atoms with van der Waals surface area (Å²) < 4.78 is 24.9. The second-order valence-electron chi connectivity index (χ2n) is 4.32. The van der Waals surface area contributed by atoms with Crippen LogP contribution in [0.3, 0.4) is 0 Å². The number of nitro benzene ring substituents is 1. The largest absolute Gasteiger partial charge is 0.273 e. The van der Waals surface area contributed by atoms with Gasteiger partial charge in [0.25, 0.3) is 21.6 Å². The van der Waals surface area contributed by atoms with E-state index in [-0.39, 0.29) is 10.6 Å². The summed E-state index contributed by atoms with van der Waals surface area (Å²) in [5, 5.41) is 10.5. The molecule has 2 rings (SSSR count). The van der Waals surface area contributed by atoms with Gasteiger partial charge >= 0.3 is 0 Å². The lowest BCUT2D eigenvalue weighted by Crippen LogP contribution is -2.41. The molecule has 0 saturated carbocycles. The first-order valence-corrected chi connectivity index (χ1v) is 8.68. The molecule has 2 N–H and O–H groups in total. The normalized spacial score (nSPS) is 11.0. The predicted octanol–water partition coefficient (Wildman–Crippen LogP) is 1.82. The van der Waals surface area contributed by atoms with Crippen molar-refractivity contribution in [3.05, 3.63) is 67.8 Å². The minimum Gasteiger partial charge on any atom is -0.273 e. The molecule has 0 radical (unpaired) electrons. The molecule has 0 aromatic heterocycles. The van der Waals surface area contributed by atoms with Crippen molar-refractivity contribution in [2.45, 2.75) is 4.90 Å². The van der Waals surface area contributed by atoms with E-state index in [1.165, 1.54) is 6.07 Å². The number of non-ortho nitro benzene ring substituents is 1. The van der Waals surface area contributed by atoms with Crippen molar-refractivity contribution in [3.63, 3.8) is 0 Å². The summed E-state index contributed by atoms with van der Waals surface area (Å²) in [6.45, 7) is 0. The number of benzene rings is 2. The highest BCUT2D eigenvalue weighted by atomic mass is 127. The topological polar surface area (TPSA) is 118 Å². The molecule has 0 aliphatic rings. The molecule has 1 amide bonds. The first-order chi connectivity index (χ1) is 10.8. The SMILES string of the molecule is O=C(NNS(=O)(=O)c1ccc([N+](=O)[O-])cc1)c1cccc(I)c1. The number of amides is 1. The fourth-order valence-electron chi connectivity index (χ4n) is 1.62. The maximum absolute atomic E-state index is 12.0. The lowest BCUT2D eigenvalue weighted by Gasteiger charge is -2.08. The van der Waals surface area contributed by atoms with E-state index in [0.29, 0.717) is 5.56 Å². The lowest BCUT2D eigenvalue weighted by molar-refractivity contribution is -0.384. The number of sulfonamides is 1. The number of hydrazine groups is 1. The number of nitrogens with one attached hydrogen (secondary N) is 2. The quantitative estimate of drug-likeness (QED) is 0.412. The first-order valence-electron chi connectivity index (χ1n) is 6.12. The standard InChI is InChI=1S/C13H10IN3O5S/c14-10-3-1-2-9(8-10)13(18)15-16-23(21,22)12-6-4-11(5-7-12)17(19)20/h1-8,16H,(H,15,18). The molecule has 2 aromatic rings. The molecule has 0 aliphatic heterocycles. The molecule has 120 valence electrons. The molecule has 23 heavy (non-hydrogen) atoms. The minimum absolute atomic E-state index is 0.203. The molecule has 0 spiro atoms. The van der Waals surface area contributed by atoms with Crippen molar-refractivity contribution in [3.8, 4) is 0 Å². The van der Waals surface area contributed by atoms with Crippen molar-refractivity contribution in [1.82, 2.24) is 10.3 Å². The summed E-state index contributed by atoms with van der Waals surface area (Å²) >= 11 is 2.03. The molecular weight excluding hydrogens is 437 g/mol. The third-order valence-corrected chi connectivity index (χ3v) is 4.68. The van der Waals surface area contributed by atoms with Gasteiger partial charge in [-0.2, -0.15) is 0 Å². The fourth-order valence-corrected chi connectivity index (χ4v) is 3.00. The van der Waals surface area contributed by atoms with E-state index in [9.17, 15) is 23.3 Å². The van der Waals surface area contributed by atoms with Gasteiger partial charge in [-0.1, -0.05) is 6.07 Å². The average Bonchev–Trinajstić information content (AvgIpc) is 2.52. The van der Waals surface area contributed by atoms with Gasteiger partial charge in [-0.3, -0.25) is 20.3 Å². The number of nitrogens with zero attached hydrogens (tertiary/aromatic N) is 1. The summed E-state index contributed by atoms with van der Waals surface area (Å²) in [7, 11) is -4.02. The van der Waals surface area contributed by atoms with Gasteiger partial charge in [0.15, 0.2) is 0 Å². The van der Waals surface area contributed by atoms with Gasteiger partial charge < -0.3 is 0 Å². The van der Waals surface area contributed by atoms with Gasteiger partial charge in [0.2, 0.25) is 0 Å². The zero-order chi connectivity index (χ0) is 17.0. The van der Waals surface area contributed by atoms with Gasteiger partial charge in [0, 0.05) is 21.3 Å². The second kappa shape index (κ2) is 7.02. The van der Waals surface area contributed by atoms with Crippen LogP contribution in [0.25, 0.3) is 0 Å². The molecule has 8 nitrogen and oxygen atoms in total. The number of carbonyl (C=O) groups excluding carboxylic acids is 1. The van der Waals surface area contributed by atoms with E-state index in [2.05, 4.69) is 5.43 Å². The predicted molar refractivity (Wildman–Crippen MR) is 90.0 cm³/mol. The maximum Gasteiger partial charge on any atom is 0.269 e. The molecule has 0 bridgehead atoms. The van der Waals surface area contributed by atoms with E-state index in [1.54, 1.807) is 18.2 Å². The van der Waals surface area contributed by atoms with Crippen LogP contribution in [0.4, 0.5) is 5.69 Å². The Hall–Kier alpha value is -2.05. The van der Waals surface area contributed by atoms with Gasteiger partial charge in [-0.15, -0.1) is 4.83 Å². The van der Waals surface area contributed by atoms with Gasteiger partial charge in [0.1, 0.15) is 0 Å². The number of carbonyl (C=O) groups is 1. The van der Waals surface area contributed by atoms with Crippen LogP contribution in [0.5, 0.6) is 0 Å². The van der Waals surface area contributed by atoms with Gasteiger partial charge in [0.05, 0.1) is 9.82 Å². The van der Waals surface area contributed by atoms with Crippen molar-refractivity contribution in [1.29, 1.82) is 0 Å². The Kier molecular flexibility index (Phi) is 5.28. The maximum atomic E-state index is 12.0. The van der Waals surface area contributed by atoms with Gasteiger partial charge in [-0.25, -0.2) is 8.42 Å². The van der Waals surface area contributed by atoms with Gasteiger partial charge in [-0.05, 0) is 52.9 Å². The molecule has 0 heterocycles. The molecule has 0 fully saturated rings. The highest BCUT2D eigenvalue weighted by Crippen LogP contribution is 2.15. The molecule has 10 heteroatoms. The third kappa shape index (κ3) is 4.46. The summed E-state index contributed by atoms with van der Waals surface area (Å²) in [6, 6.07) is 10.9. The Morgan fingerprint density at radius 1 is 1.13 bits per heavy atom. The minimum atomic E-state index is -4.02. The first kappa shape index (κ1) is 17.3. The van der Waals surface area contributed by atoms with Crippen molar-refractivity contribution in [2.75, 3.05) is 0 Å². The van der Waals surface area contributed by atoms with Crippen LogP contribution in [0.2, 0.25) is 0 Å². The summed E-state index contributed by atoms with van der Waals surface area (Å²) in [5.41, 5.74) is 2.15. The van der Waals surface area contributed by atoms with E-state index in [4.69, 9.17) is 0 Å². The third-order valence-electron chi connectivity index (χ3n) is 2.74. The Morgan fingerprint density at radius 2 is 1.78 bits per heavy atom. The van der Waals surface area contributed by atoms with E-state index in [1.807, 2.05) is 27.4 Å².